The molecule has 0 bridgehead atoms. The van der Waals surface area contributed by atoms with Gasteiger partial charge in [0.05, 0.1) is 11.3 Å². The predicted octanol–water partition coefficient (Wildman–Crippen LogP) is 3.12. The molecule has 0 aliphatic carbocycles. The summed E-state index contributed by atoms with van der Waals surface area (Å²) in [5.74, 6) is 0.197. The highest BCUT2D eigenvalue weighted by atomic mass is 16.3. The van der Waals surface area contributed by atoms with E-state index in [1.165, 1.54) is 0 Å². The number of amides is 1. The molecule has 132 valence electrons. The molecular weight excluding hydrogens is 328 g/mol. The molecule has 1 amide bonds. The summed E-state index contributed by atoms with van der Waals surface area (Å²) in [6.45, 7) is 5.53. The Balaban J connectivity index is 2.34. The first-order valence-electron chi connectivity index (χ1n) is 8.11. The van der Waals surface area contributed by atoms with Crippen molar-refractivity contribution in [3.05, 3.63) is 59.2 Å². The van der Waals surface area contributed by atoms with E-state index in [1.807, 2.05) is 26.0 Å². The molecule has 1 heterocycles. The maximum absolute atomic E-state index is 11.9. The molecule has 5 N–H and O–H groups in total. The zero-order valence-corrected chi connectivity index (χ0v) is 14.9. The Morgan fingerprint density at radius 2 is 1.69 bits per heavy atom. The molecule has 0 spiro atoms. The lowest BCUT2D eigenvalue weighted by atomic mass is 9.89. The zero-order valence-electron chi connectivity index (χ0n) is 14.9. The third-order valence-corrected chi connectivity index (χ3v) is 4.47. The van der Waals surface area contributed by atoms with E-state index >= 15 is 0 Å². The van der Waals surface area contributed by atoms with Gasteiger partial charge >= 0.3 is 0 Å². The van der Waals surface area contributed by atoms with Crippen LogP contribution in [0.2, 0.25) is 0 Å². The van der Waals surface area contributed by atoms with E-state index in [4.69, 9.17) is 11.5 Å². The molecule has 0 aliphatic heterocycles. The molecular formula is C20H20N4O2. The number of aromatic hydroxyl groups is 1. The van der Waals surface area contributed by atoms with E-state index in [0.717, 1.165) is 22.3 Å². The minimum absolute atomic E-state index is 0.162. The molecule has 0 fully saturated rings. The SMILES string of the molecule is Cc1ncc(-c2cc(C(N)=O)c(N)c(-c3c(C)ccc(O)c3C)c2)cn1. The molecule has 0 saturated heterocycles. The molecule has 1 aromatic heterocycles. The molecule has 6 nitrogen and oxygen atoms in total. The Morgan fingerprint density at radius 1 is 1.04 bits per heavy atom. The van der Waals surface area contributed by atoms with E-state index < -0.39 is 5.91 Å². The maximum atomic E-state index is 11.9. The minimum Gasteiger partial charge on any atom is -0.508 e. The monoisotopic (exact) mass is 348 g/mol. The van der Waals surface area contributed by atoms with E-state index in [9.17, 15) is 9.90 Å². The Labute approximate surface area is 151 Å². The van der Waals surface area contributed by atoms with Crippen molar-refractivity contribution in [1.29, 1.82) is 0 Å². The van der Waals surface area contributed by atoms with Gasteiger partial charge in [-0.15, -0.1) is 0 Å². The second-order valence-corrected chi connectivity index (χ2v) is 6.27. The Morgan fingerprint density at radius 3 is 2.31 bits per heavy atom. The van der Waals surface area contributed by atoms with Crippen molar-refractivity contribution in [2.75, 3.05) is 5.73 Å². The van der Waals surface area contributed by atoms with E-state index in [1.54, 1.807) is 31.5 Å². The number of anilines is 1. The lowest BCUT2D eigenvalue weighted by molar-refractivity contribution is 0.100. The molecule has 26 heavy (non-hydrogen) atoms. The number of phenolic OH excluding ortho intramolecular Hbond substituents is 1. The number of nitrogen functional groups attached to an aromatic ring is 1. The number of carbonyl (C=O) groups is 1. The number of primary amides is 1. The lowest BCUT2D eigenvalue weighted by Gasteiger charge is -2.17. The van der Waals surface area contributed by atoms with Gasteiger partial charge in [-0.25, -0.2) is 9.97 Å². The summed E-state index contributed by atoms with van der Waals surface area (Å²) in [6.07, 6.45) is 3.37. The summed E-state index contributed by atoms with van der Waals surface area (Å²) < 4.78 is 0. The molecule has 6 heteroatoms. The Kier molecular flexibility index (Phi) is 4.34. The summed E-state index contributed by atoms with van der Waals surface area (Å²) in [5, 5.41) is 10.1. The standard InChI is InChI=1S/C20H20N4O2/c1-10-4-5-17(25)11(2)18(10)15-6-13(7-16(19(15)21)20(22)26)14-8-23-12(3)24-9-14/h4-9,25H,21H2,1-3H3,(H2,22,26). The second-order valence-electron chi connectivity index (χ2n) is 6.27. The zero-order chi connectivity index (χ0) is 19.0. The van der Waals surface area contributed by atoms with Crippen molar-refractivity contribution >= 4 is 11.6 Å². The van der Waals surface area contributed by atoms with Gasteiger partial charge in [0, 0.05) is 23.5 Å². The molecule has 0 atom stereocenters. The molecule has 0 unspecified atom stereocenters. The number of nitrogens with two attached hydrogens (primary N) is 2. The topological polar surface area (TPSA) is 115 Å². The quantitative estimate of drug-likeness (QED) is 0.629. The van der Waals surface area contributed by atoms with Gasteiger partial charge in [-0.05, 0) is 61.2 Å². The van der Waals surface area contributed by atoms with Crippen LogP contribution in [0.1, 0.15) is 27.3 Å². The normalized spacial score (nSPS) is 10.7. The fourth-order valence-electron chi connectivity index (χ4n) is 3.02. The van der Waals surface area contributed by atoms with E-state index in [2.05, 4.69) is 9.97 Å². The summed E-state index contributed by atoms with van der Waals surface area (Å²) >= 11 is 0. The van der Waals surface area contributed by atoms with Crippen LogP contribution in [0.4, 0.5) is 5.69 Å². The number of nitrogens with zero attached hydrogens (tertiary/aromatic N) is 2. The number of aryl methyl sites for hydroxylation is 2. The molecule has 0 aliphatic rings. The summed E-state index contributed by atoms with van der Waals surface area (Å²) in [5.41, 5.74) is 16.8. The van der Waals surface area contributed by atoms with Crippen molar-refractivity contribution in [1.82, 2.24) is 9.97 Å². The number of hydrogen-bond acceptors (Lipinski definition) is 5. The largest absolute Gasteiger partial charge is 0.508 e. The number of benzene rings is 2. The first kappa shape index (κ1) is 17.4. The fraction of sp³-hybridized carbons (Fsp3) is 0.150. The van der Waals surface area contributed by atoms with Gasteiger partial charge < -0.3 is 16.6 Å². The van der Waals surface area contributed by atoms with Crippen molar-refractivity contribution in [2.45, 2.75) is 20.8 Å². The number of rotatable bonds is 3. The highest BCUT2D eigenvalue weighted by Gasteiger charge is 2.18. The van der Waals surface area contributed by atoms with Crippen LogP contribution in [-0.2, 0) is 0 Å². The Hall–Kier alpha value is -3.41. The van der Waals surface area contributed by atoms with Gasteiger partial charge in [-0.3, -0.25) is 4.79 Å². The first-order valence-corrected chi connectivity index (χ1v) is 8.11. The highest BCUT2D eigenvalue weighted by molar-refractivity contribution is 6.04. The molecule has 2 aromatic carbocycles. The number of hydrogen-bond donors (Lipinski definition) is 3. The van der Waals surface area contributed by atoms with Crippen molar-refractivity contribution in [3.8, 4) is 28.0 Å². The average molecular weight is 348 g/mol. The van der Waals surface area contributed by atoms with Crippen LogP contribution >= 0.6 is 0 Å². The van der Waals surface area contributed by atoms with E-state index in [0.29, 0.717) is 17.0 Å². The molecule has 3 rings (SSSR count). The smallest absolute Gasteiger partial charge is 0.250 e. The number of carbonyl (C=O) groups excluding carboxylic acids is 1. The van der Waals surface area contributed by atoms with Crippen molar-refractivity contribution in [2.24, 2.45) is 5.73 Å². The van der Waals surface area contributed by atoms with Crippen LogP contribution in [0.3, 0.4) is 0 Å². The fourth-order valence-corrected chi connectivity index (χ4v) is 3.02. The lowest BCUT2D eigenvalue weighted by Crippen LogP contribution is -2.14. The molecule has 0 saturated carbocycles. The van der Waals surface area contributed by atoms with Crippen LogP contribution in [0.5, 0.6) is 5.75 Å². The Bertz CT molecular complexity index is 1010. The van der Waals surface area contributed by atoms with Gasteiger partial charge in [0.25, 0.3) is 5.91 Å². The van der Waals surface area contributed by atoms with Gasteiger partial charge in [0.1, 0.15) is 11.6 Å². The highest BCUT2D eigenvalue weighted by Crippen LogP contribution is 2.39. The van der Waals surface area contributed by atoms with Gasteiger partial charge in [0.2, 0.25) is 0 Å². The minimum atomic E-state index is -0.617. The van der Waals surface area contributed by atoms with Crippen molar-refractivity contribution in [3.63, 3.8) is 0 Å². The second kappa shape index (κ2) is 6.48. The predicted molar refractivity (Wildman–Crippen MR) is 102 cm³/mol. The molecule has 3 aromatic rings. The maximum Gasteiger partial charge on any atom is 0.250 e. The summed E-state index contributed by atoms with van der Waals surface area (Å²) in [4.78, 5) is 20.4. The third-order valence-electron chi connectivity index (χ3n) is 4.47. The van der Waals surface area contributed by atoms with Crippen LogP contribution in [-0.4, -0.2) is 21.0 Å². The van der Waals surface area contributed by atoms with Crippen LogP contribution in [0.15, 0.2) is 36.7 Å². The van der Waals surface area contributed by atoms with Crippen LogP contribution in [0, 0.1) is 20.8 Å². The summed E-state index contributed by atoms with van der Waals surface area (Å²) in [7, 11) is 0. The van der Waals surface area contributed by atoms with Crippen molar-refractivity contribution < 1.29 is 9.90 Å². The number of aromatic nitrogens is 2. The van der Waals surface area contributed by atoms with Crippen LogP contribution < -0.4 is 11.5 Å². The van der Waals surface area contributed by atoms with Crippen LogP contribution in [0.25, 0.3) is 22.3 Å². The average Bonchev–Trinajstić information content (AvgIpc) is 2.60. The third kappa shape index (κ3) is 2.97. The van der Waals surface area contributed by atoms with E-state index in [-0.39, 0.29) is 17.0 Å². The first-order chi connectivity index (χ1) is 12.3. The van der Waals surface area contributed by atoms with Gasteiger partial charge in [-0.1, -0.05) is 6.07 Å². The molecule has 0 radical (unpaired) electrons. The van der Waals surface area contributed by atoms with Gasteiger partial charge in [0.15, 0.2) is 0 Å². The van der Waals surface area contributed by atoms with Gasteiger partial charge in [-0.2, -0.15) is 0 Å². The summed E-state index contributed by atoms with van der Waals surface area (Å²) in [6, 6.07) is 6.95. The number of phenols is 1.